The van der Waals surface area contributed by atoms with Gasteiger partial charge in [-0.1, -0.05) is 6.08 Å². The van der Waals surface area contributed by atoms with Gasteiger partial charge in [0, 0.05) is 37.8 Å². The first-order valence-electron chi connectivity index (χ1n) is 10.1. The Bertz CT molecular complexity index is 1460. The summed E-state index contributed by atoms with van der Waals surface area (Å²) in [7, 11) is -1.41. The Kier molecular flexibility index (Phi) is 5.11. The Labute approximate surface area is 189 Å². The van der Waals surface area contributed by atoms with Gasteiger partial charge in [-0.05, 0) is 37.1 Å². The number of hydrogen-bond donors (Lipinski definition) is 2. The maximum absolute atomic E-state index is 12.1. The normalized spacial score (nSPS) is 14.7. The van der Waals surface area contributed by atoms with E-state index >= 15 is 0 Å². The molecule has 32 heavy (non-hydrogen) atoms. The molecule has 0 radical (unpaired) electrons. The van der Waals surface area contributed by atoms with E-state index in [9.17, 15) is 8.42 Å². The molecule has 0 unspecified atom stereocenters. The number of aromatic nitrogens is 5. The lowest BCUT2D eigenvalue weighted by molar-refractivity contribution is 0.603. The predicted octanol–water partition coefficient (Wildman–Crippen LogP) is 3.02. The second kappa shape index (κ2) is 7.84. The van der Waals surface area contributed by atoms with Crippen molar-refractivity contribution >= 4 is 43.2 Å². The summed E-state index contributed by atoms with van der Waals surface area (Å²) in [6.07, 6.45) is 11.9. The zero-order chi connectivity index (χ0) is 22.5. The van der Waals surface area contributed by atoms with Gasteiger partial charge in [0.25, 0.3) is 0 Å². The van der Waals surface area contributed by atoms with E-state index in [1.807, 2.05) is 29.9 Å². The monoisotopic (exact) mass is 469 g/mol. The number of nitrogens with one attached hydrogen (secondary N) is 2. The van der Waals surface area contributed by atoms with Crippen molar-refractivity contribution < 1.29 is 8.42 Å². The van der Waals surface area contributed by atoms with E-state index in [-0.39, 0.29) is 0 Å². The van der Waals surface area contributed by atoms with E-state index in [2.05, 4.69) is 26.8 Å². The molecule has 4 aromatic heterocycles. The highest BCUT2D eigenvalue weighted by Gasteiger charge is 2.19. The molecule has 4 aromatic rings. The highest BCUT2D eigenvalue weighted by molar-refractivity contribution is 7.92. The summed E-state index contributed by atoms with van der Waals surface area (Å²) in [6, 6.07) is 1.83. The minimum absolute atomic E-state index is 0.353. The van der Waals surface area contributed by atoms with E-state index < -0.39 is 9.84 Å². The molecule has 2 N–H and O–H groups in total. The Morgan fingerprint density at radius 1 is 1.25 bits per heavy atom. The van der Waals surface area contributed by atoms with Gasteiger partial charge in [0.1, 0.15) is 4.21 Å². The quantitative estimate of drug-likeness (QED) is 0.463. The lowest BCUT2D eigenvalue weighted by Crippen LogP contribution is -2.22. The maximum atomic E-state index is 12.1. The van der Waals surface area contributed by atoms with Crippen LogP contribution < -0.4 is 10.6 Å². The number of aryl methyl sites for hydroxylation is 2. The van der Waals surface area contributed by atoms with Crippen LogP contribution in [-0.4, -0.2) is 51.9 Å². The molecule has 0 saturated heterocycles. The van der Waals surface area contributed by atoms with Gasteiger partial charge in [0.05, 0.1) is 28.8 Å². The number of nitrogens with zero attached hydrogens (tertiary/aromatic N) is 5. The molecule has 11 heteroatoms. The summed E-state index contributed by atoms with van der Waals surface area (Å²) in [5.41, 5.74) is 5.18. The van der Waals surface area contributed by atoms with Crippen LogP contribution in [0.3, 0.4) is 0 Å². The lowest BCUT2D eigenvalue weighted by atomic mass is 10.1. The first kappa shape index (κ1) is 20.9. The minimum atomic E-state index is -3.29. The Morgan fingerprint density at radius 2 is 2.09 bits per heavy atom. The van der Waals surface area contributed by atoms with Crippen molar-refractivity contribution in [2.45, 2.75) is 17.6 Å². The van der Waals surface area contributed by atoms with Crippen molar-refractivity contribution in [1.29, 1.82) is 0 Å². The standard InChI is InChI=1S/C21H23N7O2S2/c1-13-7-18(31-21(13)32(3,29)30)26-19-20-23-10-17(15-9-24-27(2)11-15)28(20)12-16(25-19)14-5-4-6-22-8-14/h5,7,9-12,22H,4,6,8H2,1-3H3,(H,25,26). The van der Waals surface area contributed by atoms with Gasteiger partial charge in [-0.25, -0.2) is 18.4 Å². The van der Waals surface area contributed by atoms with Crippen LogP contribution in [0.25, 0.3) is 22.5 Å². The number of imidazole rings is 1. The molecule has 0 atom stereocenters. The van der Waals surface area contributed by atoms with Crippen LogP contribution in [0, 0.1) is 6.92 Å². The number of hydrogen-bond acceptors (Lipinski definition) is 8. The van der Waals surface area contributed by atoms with E-state index in [0.717, 1.165) is 42.0 Å². The van der Waals surface area contributed by atoms with Crippen molar-refractivity contribution in [3.8, 4) is 11.3 Å². The van der Waals surface area contributed by atoms with E-state index in [1.165, 1.54) is 17.6 Å². The third kappa shape index (κ3) is 3.83. The Morgan fingerprint density at radius 3 is 2.75 bits per heavy atom. The second-order valence-corrected chi connectivity index (χ2v) is 11.2. The fourth-order valence-corrected chi connectivity index (χ4v) is 6.17. The van der Waals surface area contributed by atoms with Crippen LogP contribution in [0.15, 0.2) is 41.1 Å². The largest absolute Gasteiger partial charge is 0.329 e. The zero-order valence-electron chi connectivity index (χ0n) is 18.0. The summed E-state index contributed by atoms with van der Waals surface area (Å²) >= 11 is 1.20. The van der Waals surface area contributed by atoms with Crippen LogP contribution in [0.5, 0.6) is 0 Å². The van der Waals surface area contributed by atoms with Crippen molar-refractivity contribution in [3.63, 3.8) is 0 Å². The fourth-order valence-electron chi connectivity index (χ4n) is 3.84. The van der Waals surface area contributed by atoms with Gasteiger partial charge >= 0.3 is 0 Å². The summed E-state index contributed by atoms with van der Waals surface area (Å²) in [5, 5.41) is 11.7. The molecular weight excluding hydrogens is 446 g/mol. The molecule has 1 aliphatic heterocycles. The van der Waals surface area contributed by atoms with Gasteiger partial charge in [-0.2, -0.15) is 5.10 Å². The molecule has 0 saturated carbocycles. The molecule has 5 heterocycles. The van der Waals surface area contributed by atoms with Gasteiger partial charge in [0.2, 0.25) is 0 Å². The predicted molar refractivity (Wildman–Crippen MR) is 126 cm³/mol. The molecule has 0 bridgehead atoms. The molecular formula is C21H23N7O2S2. The summed E-state index contributed by atoms with van der Waals surface area (Å²) < 4.78 is 28.3. The number of fused-ring (bicyclic) bond motifs is 1. The SMILES string of the molecule is Cc1cc(Nc2nc(C3=CCCNC3)cn3c(-c4cnn(C)c4)cnc23)sc1S(C)(=O)=O. The molecule has 0 spiro atoms. The van der Waals surface area contributed by atoms with Gasteiger partial charge < -0.3 is 10.6 Å². The number of thiophene rings is 1. The van der Waals surface area contributed by atoms with E-state index in [1.54, 1.807) is 24.0 Å². The smallest absolute Gasteiger partial charge is 0.185 e. The van der Waals surface area contributed by atoms with Gasteiger partial charge in [-0.15, -0.1) is 11.3 Å². The Balaban J connectivity index is 1.66. The average molecular weight is 470 g/mol. The van der Waals surface area contributed by atoms with Gasteiger partial charge in [0.15, 0.2) is 21.3 Å². The highest BCUT2D eigenvalue weighted by atomic mass is 32.2. The highest BCUT2D eigenvalue weighted by Crippen LogP contribution is 2.34. The number of rotatable bonds is 5. The molecule has 166 valence electrons. The van der Waals surface area contributed by atoms with Crippen LogP contribution in [-0.2, 0) is 16.9 Å². The first-order chi connectivity index (χ1) is 15.3. The lowest BCUT2D eigenvalue weighted by Gasteiger charge is -2.16. The third-order valence-corrected chi connectivity index (χ3v) is 8.40. The van der Waals surface area contributed by atoms with Gasteiger partial charge in [-0.3, -0.25) is 9.08 Å². The first-order valence-corrected chi connectivity index (χ1v) is 12.8. The molecule has 0 fully saturated rings. The summed E-state index contributed by atoms with van der Waals surface area (Å²) in [5.74, 6) is 0.574. The summed E-state index contributed by atoms with van der Waals surface area (Å²) in [6.45, 7) is 3.49. The average Bonchev–Trinajstić information content (AvgIpc) is 3.46. The zero-order valence-corrected chi connectivity index (χ0v) is 19.6. The summed E-state index contributed by atoms with van der Waals surface area (Å²) in [4.78, 5) is 9.48. The van der Waals surface area contributed by atoms with Crippen LogP contribution in [0.2, 0.25) is 0 Å². The minimum Gasteiger partial charge on any atom is -0.329 e. The molecule has 9 nitrogen and oxygen atoms in total. The van der Waals surface area contributed by atoms with E-state index in [4.69, 9.17) is 4.98 Å². The van der Waals surface area contributed by atoms with Crippen molar-refractivity contribution in [1.82, 2.24) is 29.5 Å². The fraction of sp³-hybridized carbons (Fsp3) is 0.286. The van der Waals surface area contributed by atoms with Crippen LogP contribution in [0.1, 0.15) is 17.7 Å². The Hall–Kier alpha value is -3.02. The molecule has 0 aliphatic carbocycles. The number of anilines is 2. The van der Waals surface area contributed by atoms with Crippen molar-refractivity contribution in [2.75, 3.05) is 24.7 Å². The third-order valence-electron chi connectivity index (χ3n) is 5.30. The molecule has 1 aliphatic rings. The topological polar surface area (TPSA) is 106 Å². The molecule has 5 rings (SSSR count). The van der Waals surface area contributed by atoms with Crippen LogP contribution in [0.4, 0.5) is 10.8 Å². The molecule has 0 aromatic carbocycles. The van der Waals surface area contributed by atoms with Crippen LogP contribution >= 0.6 is 11.3 Å². The van der Waals surface area contributed by atoms with Crippen molar-refractivity contribution in [3.05, 3.63) is 48.2 Å². The maximum Gasteiger partial charge on any atom is 0.185 e. The number of sulfone groups is 1. The van der Waals surface area contributed by atoms with E-state index in [0.29, 0.717) is 26.2 Å². The van der Waals surface area contributed by atoms with Crippen molar-refractivity contribution in [2.24, 2.45) is 7.05 Å². The second-order valence-electron chi connectivity index (χ2n) is 7.89. The molecule has 0 amide bonds.